The Morgan fingerprint density at radius 1 is 1.62 bits per heavy atom. The fourth-order valence-electron chi connectivity index (χ4n) is 0.888. The summed E-state index contributed by atoms with van der Waals surface area (Å²) < 4.78 is 0. The van der Waals surface area contributed by atoms with Crippen molar-refractivity contribution in [2.24, 2.45) is 0 Å². The molecule has 1 aliphatic heterocycles. The first-order chi connectivity index (χ1) is 3.43. The molecule has 1 rings (SSSR count). The lowest BCUT2D eigenvalue weighted by Crippen LogP contribution is -2.22. The van der Waals surface area contributed by atoms with Crippen LogP contribution in [0.2, 0.25) is 0 Å². The Balaban J connectivity index is 0.000000490. The molecule has 1 fully saturated rings. The highest BCUT2D eigenvalue weighted by atomic mass is 35.5. The molecule has 0 aromatic carbocycles. The highest BCUT2D eigenvalue weighted by Gasteiger charge is 2.10. The number of hydrogen-bond donors (Lipinski definition) is 1. The van der Waals surface area contributed by atoms with E-state index >= 15 is 0 Å². The van der Waals surface area contributed by atoms with Gasteiger partial charge in [-0.1, -0.05) is 0 Å². The Bertz CT molecular complexity index is 52.4. The molecule has 1 unspecified atom stereocenters. The van der Waals surface area contributed by atoms with Crippen molar-refractivity contribution < 1.29 is 0 Å². The number of rotatable bonds is 1. The van der Waals surface area contributed by atoms with Crippen molar-refractivity contribution in [1.82, 2.24) is 5.32 Å². The Morgan fingerprint density at radius 2 is 2.38 bits per heavy atom. The third-order valence-electron chi connectivity index (χ3n) is 1.35. The van der Waals surface area contributed by atoms with Crippen LogP contribution in [0.25, 0.3) is 0 Å². The molecule has 1 N–H and O–H groups in total. The second-order valence-corrected chi connectivity index (χ2v) is 2.26. The summed E-state index contributed by atoms with van der Waals surface area (Å²) in [6, 6.07) is 0.613. The first-order valence-corrected chi connectivity index (χ1v) is 3.26. The lowest BCUT2D eigenvalue weighted by molar-refractivity contribution is 0.670. The molecule has 1 nitrogen and oxygen atoms in total. The van der Waals surface area contributed by atoms with E-state index in [1.54, 1.807) is 0 Å². The highest BCUT2D eigenvalue weighted by molar-refractivity contribution is 6.18. The number of alkyl halides is 1. The SMILES string of the molecule is Cl.ClCC1CCCN1. The largest absolute Gasteiger partial charge is 0.313 e. The second-order valence-electron chi connectivity index (χ2n) is 1.95. The summed E-state index contributed by atoms with van der Waals surface area (Å²) in [5.74, 6) is 0.778. The molecule has 1 heterocycles. The van der Waals surface area contributed by atoms with Crippen LogP contribution in [0.15, 0.2) is 0 Å². The quantitative estimate of drug-likeness (QED) is 0.566. The molecule has 1 aliphatic rings. The summed E-state index contributed by atoms with van der Waals surface area (Å²) in [5, 5.41) is 3.27. The average Bonchev–Trinajstić information content (AvgIpc) is 2.14. The van der Waals surface area contributed by atoms with Crippen molar-refractivity contribution in [3.05, 3.63) is 0 Å². The van der Waals surface area contributed by atoms with Crippen LogP contribution in [0.3, 0.4) is 0 Å². The second kappa shape index (κ2) is 4.42. The Hall–Kier alpha value is 0.540. The first kappa shape index (κ1) is 8.54. The summed E-state index contributed by atoms with van der Waals surface area (Å²) in [6.07, 6.45) is 2.57. The fraction of sp³-hybridized carbons (Fsp3) is 1.00. The molecular formula is C5H11Cl2N. The Kier molecular flexibility index (Phi) is 4.72. The maximum absolute atomic E-state index is 5.55. The molecular weight excluding hydrogens is 145 g/mol. The minimum Gasteiger partial charge on any atom is -0.313 e. The maximum atomic E-state index is 5.55. The molecule has 0 radical (unpaired) electrons. The highest BCUT2D eigenvalue weighted by Crippen LogP contribution is 2.04. The van der Waals surface area contributed by atoms with Crippen molar-refractivity contribution in [3.8, 4) is 0 Å². The zero-order valence-electron chi connectivity index (χ0n) is 4.69. The van der Waals surface area contributed by atoms with E-state index in [0.29, 0.717) is 6.04 Å². The van der Waals surface area contributed by atoms with Gasteiger partial charge in [-0.05, 0) is 19.4 Å². The van der Waals surface area contributed by atoms with Crippen LogP contribution in [0.5, 0.6) is 0 Å². The molecule has 0 aromatic rings. The van der Waals surface area contributed by atoms with Crippen LogP contribution < -0.4 is 5.32 Å². The van der Waals surface area contributed by atoms with Crippen molar-refractivity contribution in [2.45, 2.75) is 18.9 Å². The van der Waals surface area contributed by atoms with Gasteiger partial charge in [0.1, 0.15) is 0 Å². The van der Waals surface area contributed by atoms with Gasteiger partial charge in [-0.2, -0.15) is 0 Å². The van der Waals surface area contributed by atoms with Gasteiger partial charge in [-0.25, -0.2) is 0 Å². The molecule has 0 saturated carbocycles. The van der Waals surface area contributed by atoms with Crippen LogP contribution in [-0.4, -0.2) is 18.5 Å². The average molecular weight is 156 g/mol. The van der Waals surface area contributed by atoms with Gasteiger partial charge in [0.15, 0.2) is 0 Å². The molecule has 50 valence electrons. The summed E-state index contributed by atoms with van der Waals surface area (Å²) in [7, 11) is 0. The predicted octanol–water partition coefficient (Wildman–Crippen LogP) is 1.40. The van der Waals surface area contributed by atoms with Gasteiger partial charge in [-0.15, -0.1) is 24.0 Å². The number of hydrogen-bond acceptors (Lipinski definition) is 1. The molecule has 1 atom stereocenters. The van der Waals surface area contributed by atoms with Crippen molar-refractivity contribution in [2.75, 3.05) is 12.4 Å². The standard InChI is InChI=1S/C5H10ClN.ClH/c6-4-5-2-1-3-7-5;/h5,7H,1-4H2;1H. The number of nitrogens with one attached hydrogen (secondary N) is 1. The van der Waals surface area contributed by atoms with Gasteiger partial charge < -0.3 is 5.32 Å². The molecule has 0 aromatic heterocycles. The topological polar surface area (TPSA) is 12.0 Å². The normalized spacial score (nSPS) is 27.4. The molecule has 3 heteroatoms. The van der Waals surface area contributed by atoms with E-state index in [-0.39, 0.29) is 12.4 Å². The van der Waals surface area contributed by atoms with Crippen molar-refractivity contribution >= 4 is 24.0 Å². The molecule has 8 heavy (non-hydrogen) atoms. The maximum Gasteiger partial charge on any atom is 0.0377 e. The molecule has 0 bridgehead atoms. The summed E-state index contributed by atoms with van der Waals surface area (Å²) in [5.41, 5.74) is 0. The van der Waals surface area contributed by atoms with Gasteiger partial charge >= 0.3 is 0 Å². The van der Waals surface area contributed by atoms with E-state index < -0.39 is 0 Å². The predicted molar refractivity (Wildman–Crippen MR) is 39.0 cm³/mol. The summed E-state index contributed by atoms with van der Waals surface area (Å²) >= 11 is 5.55. The lowest BCUT2D eigenvalue weighted by atomic mass is 10.3. The Morgan fingerprint density at radius 3 is 2.62 bits per heavy atom. The fourth-order valence-corrected chi connectivity index (χ4v) is 1.15. The van der Waals surface area contributed by atoms with E-state index in [1.165, 1.54) is 12.8 Å². The van der Waals surface area contributed by atoms with E-state index in [1.807, 2.05) is 0 Å². The van der Waals surface area contributed by atoms with E-state index in [0.717, 1.165) is 12.4 Å². The third kappa shape index (κ3) is 2.21. The van der Waals surface area contributed by atoms with Crippen molar-refractivity contribution in [3.63, 3.8) is 0 Å². The van der Waals surface area contributed by atoms with E-state index in [4.69, 9.17) is 11.6 Å². The minimum absolute atomic E-state index is 0. The summed E-state index contributed by atoms with van der Waals surface area (Å²) in [4.78, 5) is 0. The molecule has 0 aliphatic carbocycles. The van der Waals surface area contributed by atoms with E-state index in [9.17, 15) is 0 Å². The van der Waals surface area contributed by atoms with Gasteiger partial charge in [0.25, 0.3) is 0 Å². The van der Waals surface area contributed by atoms with Crippen LogP contribution in [0.1, 0.15) is 12.8 Å². The minimum atomic E-state index is 0. The van der Waals surface area contributed by atoms with Gasteiger partial charge in [0.2, 0.25) is 0 Å². The van der Waals surface area contributed by atoms with Gasteiger partial charge in [0, 0.05) is 11.9 Å². The van der Waals surface area contributed by atoms with Crippen LogP contribution >= 0.6 is 24.0 Å². The third-order valence-corrected chi connectivity index (χ3v) is 1.72. The van der Waals surface area contributed by atoms with Gasteiger partial charge in [-0.3, -0.25) is 0 Å². The lowest BCUT2D eigenvalue weighted by Gasteiger charge is -2.00. The molecule has 1 saturated heterocycles. The Labute approximate surface area is 61.2 Å². The van der Waals surface area contributed by atoms with Crippen molar-refractivity contribution in [1.29, 1.82) is 0 Å². The van der Waals surface area contributed by atoms with E-state index in [2.05, 4.69) is 5.32 Å². The number of halogens is 2. The molecule has 0 amide bonds. The first-order valence-electron chi connectivity index (χ1n) is 2.73. The van der Waals surface area contributed by atoms with Crippen LogP contribution in [-0.2, 0) is 0 Å². The van der Waals surface area contributed by atoms with Crippen LogP contribution in [0, 0.1) is 0 Å². The van der Waals surface area contributed by atoms with Gasteiger partial charge in [0.05, 0.1) is 0 Å². The zero-order valence-corrected chi connectivity index (χ0v) is 6.26. The monoisotopic (exact) mass is 155 g/mol. The molecule has 0 spiro atoms. The zero-order chi connectivity index (χ0) is 5.11. The van der Waals surface area contributed by atoms with Crippen LogP contribution in [0.4, 0.5) is 0 Å². The summed E-state index contributed by atoms with van der Waals surface area (Å²) in [6.45, 7) is 1.16. The smallest absolute Gasteiger partial charge is 0.0377 e.